The smallest absolute Gasteiger partial charge is 0.137 e. The maximum Gasteiger partial charge on any atom is 0.137 e. The van der Waals surface area contributed by atoms with Crippen molar-refractivity contribution in [1.82, 2.24) is 19.7 Å². The minimum atomic E-state index is 0.749. The van der Waals surface area contributed by atoms with Gasteiger partial charge < -0.3 is 4.90 Å². The molecule has 1 aromatic heterocycles. The van der Waals surface area contributed by atoms with E-state index < -0.39 is 0 Å². The first-order valence-electron chi connectivity index (χ1n) is 5.86. The second kappa shape index (κ2) is 5.68. The van der Waals surface area contributed by atoms with E-state index in [0.29, 0.717) is 0 Å². The van der Waals surface area contributed by atoms with Crippen LogP contribution in [0.3, 0.4) is 0 Å². The topological polar surface area (TPSA) is 34.0 Å². The summed E-state index contributed by atoms with van der Waals surface area (Å²) >= 11 is 2.02. The zero-order chi connectivity index (χ0) is 11.4. The van der Waals surface area contributed by atoms with E-state index in [4.69, 9.17) is 0 Å². The van der Waals surface area contributed by atoms with E-state index in [1.165, 1.54) is 19.3 Å². The van der Waals surface area contributed by atoms with Gasteiger partial charge in [0.15, 0.2) is 0 Å². The van der Waals surface area contributed by atoms with Gasteiger partial charge >= 0.3 is 0 Å². The lowest BCUT2D eigenvalue weighted by molar-refractivity contribution is 0.237. The Kier molecular flexibility index (Phi) is 4.23. The molecule has 0 N–H and O–H groups in total. The number of thioether (sulfide) groups is 1. The van der Waals surface area contributed by atoms with Gasteiger partial charge in [0.2, 0.25) is 0 Å². The molecule has 0 bridgehead atoms. The van der Waals surface area contributed by atoms with Gasteiger partial charge in [-0.05, 0) is 26.1 Å². The summed E-state index contributed by atoms with van der Waals surface area (Å²) in [5.74, 6) is 0. The summed E-state index contributed by atoms with van der Waals surface area (Å²) < 4.78 is 1.90. The van der Waals surface area contributed by atoms with Crippen LogP contribution in [0.5, 0.6) is 0 Å². The molecule has 1 saturated carbocycles. The first kappa shape index (κ1) is 11.9. The van der Waals surface area contributed by atoms with Gasteiger partial charge in [0.1, 0.15) is 12.7 Å². The Morgan fingerprint density at radius 3 is 3.06 bits per heavy atom. The third-order valence-electron chi connectivity index (χ3n) is 3.43. The Bertz CT molecular complexity index is 301. The maximum absolute atomic E-state index is 4.13. The number of hydrogen-bond acceptors (Lipinski definition) is 4. The van der Waals surface area contributed by atoms with E-state index in [2.05, 4.69) is 28.3 Å². The van der Waals surface area contributed by atoms with Crippen LogP contribution in [0.2, 0.25) is 0 Å². The van der Waals surface area contributed by atoms with Crippen molar-refractivity contribution in [1.29, 1.82) is 0 Å². The van der Waals surface area contributed by atoms with Crippen molar-refractivity contribution in [3.05, 3.63) is 12.7 Å². The number of nitrogens with zero attached hydrogens (tertiary/aromatic N) is 4. The Morgan fingerprint density at radius 1 is 1.50 bits per heavy atom. The normalized spacial score (nSPS) is 25.4. The van der Waals surface area contributed by atoms with Crippen molar-refractivity contribution in [2.45, 2.75) is 37.1 Å². The molecule has 0 spiro atoms. The van der Waals surface area contributed by atoms with Gasteiger partial charge in [-0.2, -0.15) is 16.9 Å². The summed E-state index contributed by atoms with van der Waals surface area (Å²) in [7, 11) is 2.23. The van der Waals surface area contributed by atoms with Crippen molar-refractivity contribution in [2.24, 2.45) is 0 Å². The van der Waals surface area contributed by atoms with Crippen LogP contribution in [0.1, 0.15) is 19.3 Å². The molecule has 5 heteroatoms. The molecule has 0 radical (unpaired) electrons. The second-order valence-electron chi connectivity index (χ2n) is 4.41. The zero-order valence-electron chi connectivity index (χ0n) is 10.0. The van der Waals surface area contributed by atoms with E-state index in [1.54, 1.807) is 12.7 Å². The van der Waals surface area contributed by atoms with Crippen molar-refractivity contribution in [2.75, 3.05) is 19.8 Å². The quantitative estimate of drug-likeness (QED) is 0.781. The lowest BCUT2D eigenvalue weighted by atomic mass is 10.2. The highest BCUT2D eigenvalue weighted by atomic mass is 32.2. The van der Waals surface area contributed by atoms with Crippen molar-refractivity contribution < 1.29 is 0 Å². The molecule has 0 unspecified atom stereocenters. The highest BCUT2D eigenvalue weighted by molar-refractivity contribution is 7.99. The first-order chi connectivity index (χ1) is 7.81. The summed E-state index contributed by atoms with van der Waals surface area (Å²) in [5.41, 5.74) is 0. The van der Waals surface area contributed by atoms with Gasteiger partial charge in [-0.15, -0.1) is 0 Å². The van der Waals surface area contributed by atoms with Crippen LogP contribution in [-0.4, -0.2) is 50.8 Å². The predicted molar refractivity (Wildman–Crippen MR) is 67.6 cm³/mol. The van der Waals surface area contributed by atoms with Crippen LogP contribution in [0.25, 0.3) is 0 Å². The lowest BCUT2D eigenvalue weighted by Gasteiger charge is -2.28. The van der Waals surface area contributed by atoms with Crippen molar-refractivity contribution in [3.63, 3.8) is 0 Å². The number of rotatable bonds is 5. The number of hydrogen-bond donors (Lipinski definition) is 0. The summed E-state index contributed by atoms with van der Waals surface area (Å²) in [6.45, 7) is 2.00. The molecule has 90 valence electrons. The number of aromatic nitrogens is 3. The highest BCUT2D eigenvalue weighted by Gasteiger charge is 2.29. The van der Waals surface area contributed by atoms with Gasteiger partial charge in [-0.25, -0.2) is 4.98 Å². The summed E-state index contributed by atoms with van der Waals surface area (Å²) in [4.78, 5) is 6.44. The summed E-state index contributed by atoms with van der Waals surface area (Å²) in [5, 5.41) is 4.95. The van der Waals surface area contributed by atoms with E-state index >= 15 is 0 Å². The largest absolute Gasteiger partial charge is 0.300 e. The van der Waals surface area contributed by atoms with Crippen LogP contribution in [0, 0.1) is 0 Å². The molecular weight excluding hydrogens is 220 g/mol. The molecule has 1 aliphatic rings. The SMILES string of the molecule is CS[C@@H]1CCC[C@H]1N(C)CCn1cncn1. The zero-order valence-corrected chi connectivity index (χ0v) is 10.9. The second-order valence-corrected chi connectivity index (χ2v) is 5.49. The molecule has 4 nitrogen and oxygen atoms in total. The van der Waals surface area contributed by atoms with Gasteiger partial charge in [0.25, 0.3) is 0 Å². The fourth-order valence-corrected chi connectivity index (χ4v) is 3.52. The predicted octanol–water partition coefficient (Wildman–Crippen LogP) is 1.49. The van der Waals surface area contributed by atoms with Crippen molar-refractivity contribution >= 4 is 11.8 Å². The third-order valence-corrected chi connectivity index (χ3v) is 4.59. The third kappa shape index (κ3) is 2.77. The molecule has 1 aromatic rings. The Morgan fingerprint density at radius 2 is 2.38 bits per heavy atom. The Hall–Kier alpha value is -0.550. The average Bonchev–Trinajstić information content (AvgIpc) is 2.96. The molecule has 0 saturated heterocycles. The molecule has 16 heavy (non-hydrogen) atoms. The van der Waals surface area contributed by atoms with Gasteiger partial charge in [0, 0.05) is 17.8 Å². The van der Waals surface area contributed by atoms with Crippen LogP contribution in [0.15, 0.2) is 12.7 Å². The van der Waals surface area contributed by atoms with E-state index in [9.17, 15) is 0 Å². The minimum absolute atomic E-state index is 0.749. The lowest BCUT2D eigenvalue weighted by Crippen LogP contribution is -2.38. The molecule has 0 aromatic carbocycles. The fraction of sp³-hybridized carbons (Fsp3) is 0.818. The molecule has 0 amide bonds. The van der Waals surface area contributed by atoms with E-state index in [0.717, 1.165) is 24.4 Å². The van der Waals surface area contributed by atoms with Gasteiger partial charge in [0.05, 0.1) is 6.54 Å². The van der Waals surface area contributed by atoms with Crippen LogP contribution < -0.4 is 0 Å². The van der Waals surface area contributed by atoms with Gasteiger partial charge in [-0.1, -0.05) is 6.42 Å². The van der Waals surface area contributed by atoms with Crippen LogP contribution in [0.4, 0.5) is 0 Å². The summed E-state index contributed by atoms with van der Waals surface area (Å²) in [6.07, 6.45) is 9.71. The van der Waals surface area contributed by atoms with E-state index in [1.807, 2.05) is 16.4 Å². The monoisotopic (exact) mass is 240 g/mol. The molecule has 0 aliphatic heterocycles. The average molecular weight is 240 g/mol. The number of likely N-dealkylation sites (N-methyl/N-ethyl adjacent to an activating group) is 1. The highest BCUT2D eigenvalue weighted by Crippen LogP contribution is 2.31. The molecule has 1 aliphatic carbocycles. The molecular formula is C11H20N4S. The minimum Gasteiger partial charge on any atom is -0.300 e. The molecule has 1 fully saturated rings. The standard InChI is InChI=1S/C11H20N4S/c1-14(6-7-15-9-12-8-13-15)10-4-3-5-11(10)16-2/h8-11H,3-7H2,1-2H3/t10-,11-/m1/s1. The van der Waals surface area contributed by atoms with Crippen LogP contribution >= 0.6 is 11.8 Å². The van der Waals surface area contributed by atoms with Crippen LogP contribution in [-0.2, 0) is 6.54 Å². The molecule has 2 atom stereocenters. The van der Waals surface area contributed by atoms with Gasteiger partial charge in [-0.3, -0.25) is 4.68 Å². The molecule has 1 heterocycles. The van der Waals surface area contributed by atoms with E-state index in [-0.39, 0.29) is 0 Å². The fourth-order valence-electron chi connectivity index (χ4n) is 2.46. The van der Waals surface area contributed by atoms with Crippen molar-refractivity contribution in [3.8, 4) is 0 Å². The maximum atomic E-state index is 4.13. The Labute approximate surface area is 101 Å². The molecule has 2 rings (SSSR count). The first-order valence-corrected chi connectivity index (χ1v) is 7.15. The Balaban J connectivity index is 1.81. The summed E-state index contributed by atoms with van der Waals surface area (Å²) in [6, 6.07) is 0.749.